The molecule has 0 bridgehead atoms. The average molecular weight is 481 g/mol. The fourth-order valence-corrected chi connectivity index (χ4v) is 4.55. The summed E-state index contributed by atoms with van der Waals surface area (Å²) in [6.07, 6.45) is 4.25. The van der Waals surface area contributed by atoms with Crippen LogP contribution in [0, 0.1) is 5.82 Å². The number of carbonyl (C=O) groups excluding carboxylic acids is 1. The van der Waals surface area contributed by atoms with E-state index in [0.717, 1.165) is 5.56 Å². The maximum Gasteiger partial charge on any atom is 0.286 e. The monoisotopic (exact) mass is 481 g/mol. The third-order valence-electron chi connectivity index (χ3n) is 6.47. The number of nitrogens with one attached hydrogen (secondary N) is 2. The van der Waals surface area contributed by atoms with Crippen LogP contribution in [0.25, 0.3) is 22.1 Å². The van der Waals surface area contributed by atoms with Crippen LogP contribution in [0.5, 0.6) is 0 Å². The predicted molar refractivity (Wildman–Crippen MR) is 126 cm³/mol. The molecule has 0 aliphatic carbocycles. The van der Waals surface area contributed by atoms with Gasteiger partial charge in [-0.2, -0.15) is 8.78 Å². The van der Waals surface area contributed by atoms with Crippen molar-refractivity contribution >= 4 is 28.0 Å². The molecule has 4 heterocycles. The van der Waals surface area contributed by atoms with Crippen molar-refractivity contribution in [2.45, 2.75) is 18.9 Å². The van der Waals surface area contributed by atoms with Crippen molar-refractivity contribution in [2.24, 2.45) is 0 Å². The number of alkyl halides is 2. The van der Waals surface area contributed by atoms with Crippen molar-refractivity contribution in [3.8, 4) is 0 Å². The lowest BCUT2D eigenvalue weighted by atomic mass is 9.95. The lowest BCUT2D eigenvalue weighted by Crippen LogP contribution is -2.43. The molecule has 1 aromatic carbocycles. The van der Waals surface area contributed by atoms with Gasteiger partial charge in [0.05, 0.1) is 17.6 Å². The van der Waals surface area contributed by atoms with E-state index in [9.17, 15) is 14.0 Å². The molecule has 1 atom stereocenters. The Morgan fingerprint density at radius 3 is 2.71 bits per heavy atom. The van der Waals surface area contributed by atoms with Crippen molar-refractivity contribution in [3.63, 3.8) is 0 Å². The number of halogens is 3. The lowest BCUT2D eigenvalue weighted by Gasteiger charge is -2.36. The summed E-state index contributed by atoms with van der Waals surface area (Å²) in [5, 5.41) is 2.45. The second-order valence-electron chi connectivity index (χ2n) is 8.55. The normalized spacial score (nSPS) is 16.9. The van der Waals surface area contributed by atoms with E-state index in [2.05, 4.69) is 15.3 Å². The summed E-state index contributed by atoms with van der Waals surface area (Å²) < 4.78 is 45.8. The number of aromatic amines is 1. The van der Waals surface area contributed by atoms with Crippen LogP contribution in [-0.4, -0.2) is 51.2 Å². The van der Waals surface area contributed by atoms with E-state index in [1.165, 1.54) is 48.1 Å². The van der Waals surface area contributed by atoms with E-state index in [1.54, 1.807) is 23.1 Å². The summed E-state index contributed by atoms with van der Waals surface area (Å²) in [6, 6.07) is 9.01. The van der Waals surface area contributed by atoms with Gasteiger partial charge in [-0.1, -0.05) is 18.2 Å². The second kappa shape index (κ2) is 8.38. The van der Waals surface area contributed by atoms with Crippen LogP contribution in [0.1, 0.15) is 34.6 Å². The Hall–Kier alpha value is -3.92. The maximum atomic E-state index is 15.2. The largest absolute Gasteiger partial charge is 0.354 e. The molecule has 35 heavy (non-hydrogen) atoms. The summed E-state index contributed by atoms with van der Waals surface area (Å²) in [7, 11) is 1.47. The van der Waals surface area contributed by atoms with E-state index in [0.29, 0.717) is 11.0 Å². The predicted octanol–water partition coefficient (Wildman–Crippen LogP) is 3.77. The van der Waals surface area contributed by atoms with Gasteiger partial charge in [-0.15, -0.1) is 0 Å². The number of nitrogens with zero attached hydrogens (tertiary/aromatic N) is 3. The van der Waals surface area contributed by atoms with Gasteiger partial charge < -0.3 is 14.7 Å². The minimum absolute atomic E-state index is 0.0653. The fourth-order valence-electron chi connectivity index (χ4n) is 4.55. The first kappa shape index (κ1) is 22.9. The molecule has 2 N–H and O–H groups in total. The van der Waals surface area contributed by atoms with Crippen LogP contribution < -0.4 is 10.9 Å². The Bertz CT molecular complexity index is 1540. The molecule has 1 amide bonds. The van der Waals surface area contributed by atoms with Crippen LogP contribution in [-0.2, 0) is 0 Å². The molecule has 0 fully saturated rings. The summed E-state index contributed by atoms with van der Waals surface area (Å²) in [6.45, 7) is 1.59. The summed E-state index contributed by atoms with van der Waals surface area (Å²) in [5.41, 5.74) is 1.51. The van der Waals surface area contributed by atoms with Crippen molar-refractivity contribution < 1.29 is 18.0 Å². The Labute approximate surface area is 197 Å². The topological polar surface area (TPSA) is 82.5 Å². The summed E-state index contributed by atoms with van der Waals surface area (Å²) >= 11 is 0. The number of fused-ring (bicyclic) bond motifs is 3. The maximum absolute atomic E-state index is 15.2. The van der Waals surface area contributed by atoms with Gasteiger partial charge >= 0.3 is 0 Å². The molecule has 10 heteroatoms. The van der Waals surface area contributed by atoms with Crippen molar-refractivity contribution in [1.29, 1.82) is 0 Å². The van der Waals surface area contributed by atoms with Crippen LogP contribution >= 0.6 is 0 Å². The molecule has 0 radical (unpaired) electrons. The van der Waals surface area contributed by atoms with Crippen LogP contribution in [0.15, 0.2) is 59.7 Å². The number of benzene rings is 1. The average Bonchev–Trinajstić information content (AvgIpc) is 3.24. The third-order valence-corrected chi connectivity index (χ3v) is 6.47. The van der Waals surface area contributed by atoms with Gasteiger partial charge in [-0.25, -0.2) is 4.39 Å². The fraction of sp³-hybridized carbons (Fsp3) is 0.240. The molecule has 3 aromatic heterocycles. The summed E-state index contributed by atoms with van der Waals surface area (Å²) in [5.74, 6) is -4.13. The van der Waals surface area contributed by atoms with Crippen LogP contribution in [0.2, 0.25) is 0 Å². The molecular weight excluding hydrogens is 459 g/mol. The minimum atomic E-state index is -3.14. The number of H-pyrrole nitrogens is 1. The van der Waals surface area contributed by atoms with Gasteiger partial charge in [0.15, 0.2) is 5.82 Å². The van der Waals surface area contributed by atoms with E-state index in [-0.39, 0.29) is 40.8 Å². The zero-order valence-corrected chi connectivity index (χ0v) is 19.0. The van der Waals surface area contributed by atoms with Crippen molar-refractivity contribution in [2.75, 3.05) is 20.1 Å². The molecule has 0 saturated carbocycles. The Balaban J connectivity index is 1.43. The quantitative estimate of drug-likeness (QED) is 0.465. The zero-order valence-electron chi connectivity index (χ0n) is 19.0. The molecule has 0 saturated heterocycles. The first-order valence-electron chi connectivity index (χ1n) is 11.0. The molecule has 180 valence electrons. The van der Waals surface area contributed by atoms with Gasteiger partial charge in [0.1, 0.15) is 11.2 Å². The van der Waals surface area contributed by atoms with Crippen molar-refractivity contribution in [1.82, 2.24) is 24.6 Å². The first-order valence-corrected chi connectivity index (χ1v) is 11.0. The molecule has 1 aliphatic rings. The van der Waals surface area contributed by atoms with E-state index < -0.39 is 23.8 Å². The molecule has 5 rings (SSSR count). The Morgan fingerprint density at radius 1 is 1.23 bits per heavy atom. The van der Waals surface area contributed by atoms with Gasteiger partial charge in [-0.05, 0) is 36.8 Å². The van der Waals surface area contributed by atoms with E-state index >= 15 is 8.78 Å². The molecule has 7 nitrogen and oxygen atoms in total. The zero-order chi connectivity index (χ0) is 24.9. The van der Waals surface area contributed by atoms with Crippen molar-refractivity contribution in [3.05, 3.63) is 87.9 Å². The number of amides is 1. The highest BCUT2D eigenvalue weighted by Gasteiger charge is 2.41. The standard InChI is InChI=1S/C25H22F3N5O2/c1-14(15-4-6-21-20(11-15)31-24(35)22-18(26)8-10-33(21)22)32-9-7-17(25(27,28)13-32)16-3-5-19(30-12-16)23(34)29-2/h3-8,10-12,14H,9,13H2,1-2H3,(H,29,34)(H,31,35). The second-order valence-corrected chi connectivity index (χ2v) is 8.55. The molecule has 0 spiro atoms. The SMILES string of the molecule is CNC(=O)c1ccc(C2=CCN(C(C)c3ccc4c(c3)[nH]c(=O)c3c(F)ccn34)CC2(F)F)cn1. The highest BCUT2D eigenvalue weighted by Crippen LogP contribution is 2.38. The van der Waals surface area contributed by atoms with Gasteiger partial charge in [0, 0.05) is 43.2 Å². The van der Waals surface area contributed by atoms with Crippen LogP contribution in [0.4, 0.5) is 13.2 Å². The molecule has 1 aliphatic heterocycles. The number of hydrogen-bond donors (Lipinski definition) is 2. The lowest BCUT2D eigenvalue weighted by molar-refractivity contribution is 0.00699. The third kappa shape index (κ3) is 3.89. The number of hydrogen-bond acceptors (Lipinski definition) is 4. The van der Waals surface area contributed by atoms with Gasteiger partial charge in [0.25, 0.3) is 17.4 Å². The number of rotatable bonds is 4. The first-order chi connectivity index (χ1) is 16.7. The molecule has 1 unspecified atom stereocenters. The molecular formula is C25H22F3N5O2. The van der Waals surface area contributed by atoms with E-state index in [1.807, 2.05) is 6.92 Å². The minimum Gasteiger partial charge on any atom is -0.354 e. The number of carbonyl (C=O) groups is 1. The Morgan fingerprint density at radius 2 is 2.03 bits per heavy atom. The highest BCUT2D eigenvalue weighted by molar-refractivity contribution is 5.92. The highest BCUT2D eigenvalue weighted by atomic mass is 19.3. The van der Waals surface area contributed by atoms with Gasteiger partial charge in [-0.3, -0.25) is 19.5 Å². The van der Waals surface area contributed by atoms with Gasteiger partial charge in [0.2, 0.25) is 0 Å². The number of aromatic nitrogens is 3. The Kier molecular flexibility index (Phi) is 5.47. The smallest absolute Gasteiger partial charge is 0.286 e. The van der Waals surface area contributed by atoms with E-state index in [4.69, 9.17) is 0 Å². The number of pyridine rings is 1. The molecule has 4 aromatic rings. The summed E-state index contributed by atoms with van der Waals surface area (Å²) in [4.78, 5) is 32.3. The van der Waals surface area contributed by atoms with Crippen LogP contribution in [0.3, 0.4) is 0 Å².